The third-order valence-electron chi connectivity index (χ3n) is 3.90. The Morgan fingerprint density at radius 2 is 1.79 bits per heavy atom. The maximum Gasteiger partial charge on any atom is 0.416 e. The van der Waals surface area contributed by atoms with E-state index in [4.69, 9.17) is 11.6 Å². The minimum Gasteiger partial charge on any atom is -0.324 e. The van der Waals surface area contributed by atoms with E-state index in [-0.39, 0.29) is 22.9 Å². The van der Waals surface area contributed by atoms with Crippen LogP contribution in [-0.2, 0) is 17.5 Å². The first-order chi connectivity index (χ1) is 13.6. The monoisotopic (exact) mass is 425 g/mol. The number of aromatic nitrogens is 2. The molecule has 0 spiro atoms. The highest BCUT2D eigenvalue weighted by Gasteiger charge is 2.30. The molecule has 5 nitrogen and oxygen atoms in total. The number of hydrogen-bond donors (Lipinski definition) is 1. The summed E-state index contributed by atoms with van der Waals surface area (Å²) in [6.45, 7) is -0.367. The van der Waals surface area contributed by atoms with E-state index >= 15 is 0 Å². The molecule has 29 heavy (non-hydrogen) atoms. The van der Waals surface area contributed by atoms with E-state index in [1.165, 1.54) is 24.3 Å². The second kappa shape index (κ2) is 8.04. The van der Waals surface area contributed by atoms with Crippen LogP contribution < -0.4 is 10.9 Å². The van der Waals surface area contributed by atoms with Crippen molar-refractivity contribution in [1.82, 2.24) is 9.55 Å². The zero-order valence-corrected chi connectivity index (χ0v) is 15.3. The quantitative estimate of drug-likeness (QED) is 0.632. The number of benzene rings is 2. The summed E-state index contributed by atoms with van der Waals surface area (Å²) < 4.78 is 52.0. The molecule has 0 fully saturated rings. The number of hydrogen-bond acceptors (Lipinski definition) is 3. The van der Waals surface area contributed by atoms with Gasteiger partial charge in [0.1, 0.15) is 12.4 Å². The summed E-state index contributed by atoms with van der Waals surface area (Å²) in [5, 5.41) is 2.30. The zero-order valence-electron chi connectivity index (χ0n) is 14.5. The van der Waals surface area contributed by atoms with Crippen molar-refractivity contribution in [3.8, 4) is 11.3 Å². The predicted molar refractivity (Wildman–Crippen MR) is 99.0 cm³/mol. The van der Waals surface area contributed by atoms with Gasteiger partial charge in [-0.05, 0) is 30.3 Å². The lowest BCUT2D eigenvalue weighted by atomic mass is 10.1. The van der Waals surface area contributed by atoms with Gasteiger partial charge in [0.25, 0.3) is 5.56 Å². The highest BCUT2D eigenvalue weighted by molar-refractivity contribution is 6.31. The first kappa shape index (κ1) is 20.5. The van der Waals surface area contributed by atoms with Crippen molar-refractivity contribution in [1.29, 1.82) is 0 Å². The molecular weight excluding hydrogens is 414 g/mol. The van der Waals surface area contributed by atoms with Crippen LogP contribution in [0.5, 0.6) is 0 Å². The Bertz CT molecular complexity index is 1110. The van der Waals surface area contributed by atoms with Crippen LogP contribution in [0.3, 0.4) is 0 Å². The van der Waals surface area contributed by atoms with Crippen molar-refractivity contribution in [2.24, 2.45) is 0 Å². The predicted octanol–water partition coefficient (Wildman–Crippen LogP) is 4.36. The normalized spacial score (nSPS) is 11.3. The number of nitrogens with zero attached hydrogens (tertiary/aromatic N) is 2. The Morgan fingerprint density at radius 1 is 1.10 bits per heavy atom. The lowest BCUT2D eigenvalue weighted by Gasteiger charge is -2.09. The van der Waals surface area contributed by atoms with Crippen molar-refractivity contribution >= 4 is 23.2 Å². The average Bonchev–Trinajstić information content (AvgIpc) is 2.66. The zero-order chi connectivity index (χ0) is 21.2. The molecular formula is C19H12ClF4N3O2. The van der Waals surface area contributed by atoms with Crippen LogP contribution in [0.4, 0.5) is 23.2 Å². The molecule has 1 heterocycles. The second-order valence-electron chi connectivity index (χ2n) is 5.99. The SMILES string of the molecule is O=C(Cn1cnc(-c2ccc(C(F)(F)F)cc2)cc1=O)Nc1ccc(F)c(Cl)c1. The topological polar surface area (TPSA) is 64.0 Å². The van der Waals surface area contributed by atoms with Gasteiger partial charge in [-0.25, -0.2) is 9.37 Å². The molecule has 2 aromatic carbocycles. The van der Waals surface area contributed by atoms with Crippen molar-refractivity contribution in [2.75, 3.05) is 5.32 Å². The highest BCUT2D eigenvalue weighted by Crippen LogP contribution is 2.30. The number of carbonyl (C=O) groups is 1. The van der Waals surface area contributed by atoms with Gasteiger partial charge in [0.15, 0.2) is 0 Å². The van der Waals surface area contributed by atoms with Gasteiger partial charge in [0.05, 0.1) is 22.6 Å². The first-order valence-corrected chi connectivity index (χ1v) is 8.50. The summed E-state index contributed by atoms with van der Waals surface area (Å²) in [7, 11) is 0. The second-order valence-corrected chi connectivity index (χ2v) is 6.40. The van der Waals surface area contributed by atoms with Crippen LogP contribution in [0, 0.1) is 5.82 Å². The van der Waals surface area contributed by atoms with Gasteiger partial charge < -0.3 is 5.32 Å². The molecule has 150 valence electrons. The summed E-state index contributed by atoms with van der Waals surface area (Å²) in [4.78, 5) is 28.3. The van der Waals surface area contributed by atoms with Gasteiger partial charge in [-0.1, -0.05) is 23.7 Å². The molecule has 0 saturated heterocycles. The van der Waals surface area contributed by atoms with Crippen molar-refractivity contribution < 1.29 is 22.4 Å². The molecule has 3 aromatic rings. The molecule has 0 aliphatic carbocycles. The molecule has 0 unspecified atom stereocenters. The van der Waals surface area contributed by atoms with Crippen LogP contribution in [0.2, 0.25) is 5.02 Å². The molecule has 0 aliphatic rings. The lowest BCUT2D eigenvalue weighted by molar-refractivity contribution is -0.137. The maximum absolute atomic E-state index is 13.1. The number of nitrogens with one attached hydrogen (secondary N) is 1. The summed E-state index contributed by atoms with van der Waals surface area (Å²) in [6.07, 6.45) is -3.34. The first-order valence-electron chi connectivity index (χ1n) is 8.12. The number of amides is 1. The standard InChI is InChI=1S/C19H12ClF4N3O2/c20-14-7-13(5-6-15(14)21)26-17(28)9-27-10-25-16(8-18(27)29)11-1-3-12(4-2-11)19(22,23)24/h1-8,10H,9H2,(H,26,28). The van der Waals surface area contributed by atoms with Crippen LogP contribution in [-0.4, -0.2) is 15.5 Å². The number of anilines is 1. The highest BCUT2D eigenvalue weighted by atomic mass is 35.5. The molecule has 0 radical (unpaired) electrons. The average molecular weight is 426 g/mol. The summed E-state index contributed by atoms with van der Waals surface area (Å²) >= 11 is 5.64. The van der Waals surface area contributed by atoms with E-state index in [1.807, 2.05) is 0 Å². The Hall–Kier alpha value is -3.20. The smallest absolute Gasteiger partial charge is 0.324 e. The van der Waals surface area contributed by atoms with E-state index in [0.717, 1.165) is 35.2 Å². The van der Waals surface area contributed by atoms with Crippen LogP contribution in [0.25, 0.3) is 11.3 Å². The van der Waals surface area contributed by atoms with E-state index in [2.05, 4.69) is 10.3 Å². The molecule has 0 atom stereocenters. The number of alkyl halides is 3. The minimum atomic E-state index is -4.46. The van der Waals surface area contributed by atoms with E-state index in [9.17, 15) is 27.2 Å². The molecule has 1 amide bonds. The van der Waals surface area contributed by atoms with Crippen LogP contribution in [0.1, 0.15) is 5.56 Å². The Balaban J connectivity index is 1.73. The molecule has 0 saturated carbocycles. The van der Waals surface area contributed by atoms with Crippen molar-refractivity contribution in [3.05, 3.63) is 81.6 Å². The molecule has 3 rings (SSSR count). The van der Waals surface area contributed by atoms with E-state index < -0.39 is 29.0 Å². The van der Waals surface area contributed by atoms with Gasteiger partial charge in [0, 0.05) is 17.3 Å². The van der Waals surface area contributed by atoms with Gasteiger partial charge >= 0.3 is 6.18 Å². The Morgan fingerprint density at radius 3 is 2.38 bits per heavy atom. The van der Waals surface area contributed by atoms with Gasteiger partial charge in [-0.2, -0.15) is 13.2 Å². The molecule has 0 bridgehead atoms. The number of halogens is 5. The fraction of sp³-hybridized carbons (Fsp3) is 0.105. The van der Waals surface area contributed by atoms with E-state index in [1.54, 1.807) is 0 Å². The van der Waals surface area contributed by atoms with Crippen molar-refractivity contribution in [3.63, 3.8) is 0 Å². The fourth-order valence-corrected chi connectivity index (χ4v) is 2.64. The molecule has 1 N–H and O–H groups in total. The maximum atomic E-state index is 13.1. The third kappa shape index (κ3) is 5.00. The number of rotatable bonds is 4. The Kier molecular flexibility index (Phi) is 5.69. The van der Waals surface area contributed by atoms with Gasteiger partial charge in [0.2, 0.25) is 5.91 Å². The third-order valence-corrected chi connectivity index (χ3v) is 4.19. The molecule has 10 heteroatoms. The number of carbonyl (C=O) groups excluding carboxylic acids is 1. The van der Waals surface area contributed by atoms with Crippen molar-refractivity contribution in [2.45, 2.75) is 12.7 Å². The van der Waals surface area contributed by atoms with E-state index in [0.29, 0.717) is 5.56 Å². The van der Waals surface area contributed by atoms with Gasteiger partial charge in [-0.3, -0.25) is 14.2 Å². The minimum absolute atomic E-state index is 0.164. The summed E-state index contributed by atoms with van der Waals surface area (Å²) in [5.74, 6) is -1.21. The van der Waals surface area contributed by atoms with Crippen LogP contribution in [0.15, 0.2) is 59.7 Å². The molecule has 1 aromatic heterocycles. The summed E-state index contributed by atoms with van der Waals surface area (Å²) in [5.41, 5.74) is -0.628. The lowest BCUT2D eigenvalue weighted by Crippen LogP contribution is -2.27. The van der Waals surface area contributed by atoms with Gasteiger partial charge in [-0.15, -0.1) is 0 Å². The fourth-order valence-electron chi connectivity index (χ4n) is 2.46. The van der Waals surface area contributed by atoms with Crippen LogP contribution >= 0.6 is 11.6 Å². The Labute approximate surface area is 166 Å². The molecule has 0 aliphatic heterocycles. The largest absolute Gasteiger partial charge is 0.416 e. The summed E-state index contributed by atoms with van der Waals surface area (Å²) in [6, 6.07) is 8.94.